The highest BCUT2D eigenvalue weighted by Gasteiger charge is 2.16. The van der Waals surface area contributed by atoms with Crippen molar-refractivity contribution >= 4 is 76.1 Å². The molecule has 0 radical (unpaired) electrons. The fourth-order valence-corrected chi connectivity index (χ4v) is 7.13. The Morgan fingerprint density at radius 2 is 1.07 bits per heavy atom. The summed E-state index contributed by atoms with van der Waals surface area (Å²) in [5.41, 5.74) is 7.85. The maximum atomic E-state index is 6.51. The van der Waals surface area contributed by atoms with Crippen LogP contribution in [0.1, 0.15) is 0 Å². The minimum atomic E-state index is 0.869. The standard InChI is InChI=1S/C42H24N2O/c1-2-9-30-25(8-1)20-21-38-39(30)36-15-7-14-31(42(36)45-38)28-18-16-27-23-29(19-17-26(27)22-28)37-24-43-40-34-12-5-3-10-32(34)33-11-4-6-13-35(33)41(40)44-37/h1-24H. The minimum absolute atomic E-state index is 0.869. The summed E-state index contributed by atoms with van der Waals surface area (Å²) in [6, 6.07) is 49.3. The van der Waals surface area contributed by atoms with Gasteiger partial charge in [-0.1, -0.05) is 121 Å². The van der Waals surface area contributed by atoms with Crippen LogP contribution >= 0.6 is 0 Å². The van der Waals surface area contributed by atoms with Crippen molar-refractivity contribution in [2.24, 2.45) is 0 Å². The molecule has 8 aromatic carbocycles. The second kappa shape index (κ2) is 9.22. The van der Waals surface area contributed by atoms with Crippen LogP contribution in [-0.4, -0.2) is 9.97 Å². The lowest BCUT2D eigenvalue weighted by Gasteiger charge is -2.11. The zero-order valence-corrected chi connectivity index (χ0v) is 24.2. The Labute approximate surface area is 258 Å². The van der Waals surface area contributed by atoms with Crippen molar-refractivity contribution in [1.82, 2.24) is 9.97 Å². The highest BCUT2D eigenvalue weighted by atomic mass is 16.3. The Bertz CT molecular complexity index is 2790. The van der Waals surface area contributed by atoms with Gasteiger partial charge in [-0.05, 0) is 56.1 Å². The number of para-hydroxylation sites is 1. The van der Waals surface area contributed by atoms with Gasteiger partial charge in [0.05, 0.1) is 22.9 Å². The van der Waals surface area contributed by atoms with Crippen molar-refractivity contribution in [2.75, 3.05) is 0 Å². The first kappa shape index (κ1) is 24.4. The summed E-state index contributed by atoms with van der Waals surface area (Å²) in [4.78, 5) is 10.2. The number of furan rings is 1. The van der Waals surface area contributed by atoms with Gasteiger partial charge in [-0.3, -0.25) is 4.98 Å². The summed E-state index contributed by atoms with van der Waals surface area (Å²) < 4.78 is 6.51. The monoisotopic (exact) mass is 572 g/mol. The highest BCUT2D eigenvalue weighted by Crippen LogP contribution is 2.40. The molecule has 0 N–H and O–H groups in total. The summed E-state index contributed by atoms with van der Waals surface area (Å²) in [5, 5.41) is 11.7. The summed E-state index contributed by atoms with van der Waals surface area (Å²) in [5.74, 6) is 0. The molecule has 3 heteroatoms. The fraction of sp³-hybridized carbons (Fsp3) is 0. The van der Waals surface area contributed by atoms with Gasteiger partial charge in [0.2, 0.25) is 0 Å². The van der Waals surface area contributed by atoms with Crippen LogP contribution in [0.25, 0.3) is 98.4 Å². The first-order chi connectivity index (χ1) is 22.3. The number of benzene rings is 8. The van der Waals surface area contributed by atoms with E-state index in [4.69, 9.17) is 14.4 Å². The summed E-state index contributed by atoms with van der Waals surface area (Å²) >= 11 is 0. The number of rotatable bonds is 2. The molecular weight excluding hydrogens is 548 g/mol. The third-order valence-corrected chi connectivity index (χ3v) is 9.26. The minimum Gasteiger partial charge on any atom is -0.455 e. The van der Waals surface area contributed by atoms with Crippen molar-refractivity contribution in [3.05, 3.63) is 146 Å². The molecule has 208 valence electrons. The average Bonchev–Trinajstić information content (AvgIpc) is 3.51. The van der Waals surface area contributed by atoms with Crippen LogP contribution < -0.4 is 0 Å². The van der Waals surface area contributed by atoms with Gasteiger partial charge in [-0.25, -0.2) is 4.98 Å². The van der Waals surface area contributed by atoms with Gasteiger partial charge in [-0.2, -0.15) is 0 Å². The van der Waals surface area contributed by atoms with Crippen molar-refractivity contribution < 1.29 is 4.42 Å². The van der Waals surface area contributed by atoms with Crippen molar-refractivity contribution in [1.29, 1.82) is 0 Å². The SMILES string of the molecule is c1ccc2c(c1)ccc1oc3c(-c4ccc5cc(-c6cnc7c8ccccc8c8ccccc8c7n6)ccc5c4)cccc3c12. The average molecular weight is 573 g/mol. The maximum Gasteiger partial charge on any atom is 0.143 e. The smallest absolute Gasteiger partial charge is 0.143 e. The number of nitrogens with zero attached hydrogens (tertiary/aromatic N) is 2. The normalized spacial score (nSPS) is 12.0. The molecule has 0 atom stereocenters. The van der Waals surface area contributed by atoms with Crippen LogP contribution in [0.3, 0.4) is 0 Å². The molecule has 0 aliphatic rings. The lowest BCUT2D eigenvalue weighted by Crippen LogP contribution is -1.92. The summed E-state index contributed by atoms with van der Waals surface area (Å²) in [6.45, 7) is 0. The molecule has 45 heavy (non-hydrogen) atoms. The Hall–Kier alpha value is -6.06. The van der Waals surface area contributed by atoms with Crippen molar-refractivity contribution in [2.45, 2.75) is 0 Å². The quantitative estimate of drug-likeness (QED) is 0.193. The first-order valence-corrected chi connectivity index (χ1v) is 15.2. The van der Waals surface area contributed by atoms with E-state index in [-0.39, 0.29) is 0 Å². The number of hydrogen-bond acceptors (Lipinski definition) is 3. The van der Waals surface area contributed by atoms with Crippen LogP contribution in [0.4, 0.5) is 0 Å². The molecule has 0 amide bonds. The van der Waals surface area contributed by atoms with Crippen LogP contribution in [0, 0.1) is 0 Å². The third kappa shape index (κ3) is 3.58. The van der Waals surface area contributed by atoms with Gasteiger partial charge >= 0.3 is 0 Å². The molecule has 0 saturated heterocycles. The van der Waals surface area contributed by atoms with E-state index >= 15 is 0 Å². The lowest BCUT2D eigenvalue weighted by molar-refractivity contribution is 0.670. The number of hydrogen-bond donors (Lipinski definition) is 0. The molecule has 0 unspecified atom stereocenters. The van der Waals surface area contributed by atoms with Gasteiger partial charge in [0, 0.05) is 32.7 Å². The van der Waals surface area contributed by atoms with Crippen LogP contribution in [-0.2, 0) is 0 Å². The van der Waals surface area contributed by atoms with E-state index in [1.165, 1.54) is 32.3 Å². The van der Waals surface area contributed by atoms with Crippen molar-refractivity contribution in [3.8, 4) is 22.4 Å². The van der Waals surface area contributed by atoms with E-state index in [0.717, 1.165) is 66.1 Å². The molecule has 0 fully saturated rings. The number of aromatic nitrogens is 2. The highest BCUT2D eigenvalue weighted by molar-refractivity contribution is 6.23. The molecule has 0 bridgehead atoms. The van der Waals surface area contributed by atoms with E-state index in [2.05, 4.69) is 140 Å². The molecule has 0 spiro atoms. The molecule has 2 heterocycles. The molecule has 3 nitrogen and oxygen atoms in total. The van der Waals surface area contributed by atoms with Crippen LogP contribution in [0.5, 0.6) is 0 Å². The van der Waals surface area contributed by atoms with E-state index in [1.54, 1.807) is 0 Å². The summed E-state index contributed by atoms with van der Waals surface area (Å²) in [7, 11) is 0. The number of fused-ring (bicyclic) bond motifs is 12. The molecule has 2 aromatic heterocycles. The predicted octanol–water partition coefficient (Wildman–Crippen LogP) is 11.5. The second-order valence-electron chi connectivity index (χ2n) is 11.8. The molecule has 0 aliphatic carbocycles. The molecule has 0 aliphatic heterocycles. The van der Waals surface area contributed by atoms with E-state index < -0.39 is 0 Å². The Balaban J connectivity index is 1.10. The van der Waals surface area contributed by atoms with E-state index in [9.17, 15) is 0 Å². The van der Waals surface area contributed by atoms with Gasteiger partial charge in [0.25, 0.3) is 0 Å². The van der Waals surface area contributed by atoms with Gasteiger partial charge in [-0.15, -0.1) is 0 Å². The summed E-state index contributed by atoms with van der Waals surface area (Å²) in [6.07, 6.45) is 1.91. The Morgan fingerprint density at radius 3 is 1.87 bits per heavy atom. The topological polar surface area (TPSA) is 38.9 Å². The maximum absolute atomic E-state index is 6.51. The molecule has 10 rings (SSSR count). The Kier molecular flexibility index (Phi) is 5.00. The largest absolute Gasteiger partial charge is 0.455 e. The van der Waals surface area contributed by atoms with Crippen molar-refractivity contribution in [3.63, 3.8) is 0 Å². The van der Waals surface area contributed by atoms with E-state index in [0.29, 0.717) is 0 Å². The predicted molar refractivity (Wildman–Crippen MR) is 188 cm³/mol. The molecular formula is C42H24N2O. The third-order valence-electron chi connectivity index (χ3n) is 9.26. The van der Waals surface area contributed by atoms with Gasteiger partial charge < -0.3 is 4.42 Å². The molecule has 0 saturated carbocycles. The zero-order valence-electron chi connectivity index (χ0n) is 24.2. The van der Waals surface area contributed by atoms with Gasteiger partial charge in [0.15, 0.2) is 0 Å². The Morgan fingerprint density at radius 1 is 0.444 bits per heavy atom. The van der Waals surface area contributed by atoms with Gasteiger partial charge in [0.1, 0.15) is 11.2 Å². The fourth-order valence-electron chi connectivity index (χ4n) is 7.13. The molecule has 10 aromatic rings. The zero-order chi connectivity index (χ0) is 29.5. The van der Waals surface area contributed by atoms with E-state index in [1.807, 2.05) is 6.20 Å². The van der Waals surface area contributed by atoms with Crippen LogP contribution in [0.15, 0.2) is 150 Å². The van der Waals surface area contributed by atoms with Crippen LogP contribution in [0.2, 0.25) is 0 Å². The second-order valence-corrected chi connectivity index (χ2v) is 11.8. The lowest BCUT2D eigenvalue weighted by atomic mass is 9.97. The first-order valence-electron chi connectivity index (χ1n) is 15.2.